The molecule has 0 aliphatic heterocycles. The SMILES string of the molecule is CCC=CCCCCCCCCOS(C)(=O)=O. The lowest BCUT2D eigenvalue weighted by Crippen LogP contribution is -2.03. The van der Waals surface area contributed by atoms with Crippen molar-refractivity contribution in [2.45, 2.75) is 58.3 Å². The second-order valence-electron chi connectivity index (χ2n) is 4.32. The summed E-state index contributed by atoms with van der Waals surface area (Å²) in [4.78, 5) is 0. The van der Waals surface area contributed by atoms with Crippen molar-refractivity contribution < 1.29 is 12.6 Å². The van der Waals surface area contributed by atoms with Crippen LogP contribution in [0.1, 0.15) is 58.3 Å². The first-order valence-electron chi connectivity index (χ1n) is 6.55. The lowest BCUT2D eigenvalue weighted by molar-refractivity contribution is 0.309. The average Bonchev–Trinajstić information content (AvgIpc) is 2.24. The van der Waals surface area contributed by atoms with Crippen LogP contribution in [0.15, 0.2) is 12.2 Å². The van der Waals surface area contributed by atoms with E-state index in [2.05, 4.69) is 23.3 Å². The molecule has 102 valence electrons. The lowest BCUT2D eigenvalue weighted by atomic mass is 10.1. The summed E-state index contributed by atoms with van der Waals surface area (Å²) in [6, 6.07) is 0. The van der Waals surface area contributed by atoms with Crippen molar-refractivity contribution in [3.63, 3.8) is 0 Å². The molecular formula is C13H26O3S. The first-order chi connectivity index (χ1) is 8.06. The van der Waals surface area contributed by atoms with Gasteiger partial charge in [-0.15, -0.1) is 0 Å². The van der Waals surface area contributed by atoms with Crippen molar-refractivity contribution in [2.75, 3.05) is 12.9 Å². The highest BCUT2D eigenvalue weighted by atomic mass is 32.2. The van der Waals surface area contributed by atoms with Crippen molar-refractivity contribution >= 4 is 10.1 Å². The first-order valence-corrected chi connectivity index (χ1v) is 8.37. The summed E-state index contributed by atoms with van der Waals surface area (Å²) in [5.41, 5.74) is 0. The molecule has 4 heteroatoms. The molecule has 0 N–H and O–H groups in total. The van der Waals surface area contributed by atoms with E-state index in [0.717, 1.165) is 25.5 Å². The summed E-state index contributed by atoms with van der Waals surface area (Å²) in [5, 5.41) is 0. The van der Waals surface area contributed by atoms with Crippen molar-refractivity contribution in [3.05, 3.63) is 12.2 Å². The van der Waals surface area contributed by atoms with Crippen LogP contribution in [0.25, 0.3) is 0 Å². The molecule has 0 spiro atoms. The van der Waals surface area contributed by atoms with Crippen LogP contribution in [-0.2, 0) is 14.3 Å². The molecule has 0 fully saturated rings. The zero-order valence-electron chi connectivity index (χ0n) is 11.2. The molecule has 17 heavy (non-hydrogen) atoms. The molecule has 0 radical (unpaired) electrons. The van der Waals surface area contributed by atoms with Crippen LogP contribution in [0.5, 0.6) is 0 Å². The first kappa shape index (κ1) is 16.6. The standard InChI is InChI=1S/C13H26O3S/c1-3-4-5-6-7-8-9-10-11-12-13-16-17(2,14)15/h4-5H,3,6-13H2,1-2H3. The number of unbranched alkanes of at least 4 members (excludes halogenated alkanes) is 6. The zero-order chi connectivity index (χ0) is 13.0. The minimum Gasteiger partial charge on any atom is -0.270 e. The van der Waals surface area contributed by atoms with Crippen molar-refractivity contribution in [1.82, 2.24) is 0 Å². The molecule has 0 bridgehead atoms. The van der Waals surface area contributed by atoms with Crippen LogP contribution in [0, 0.1) is 0 Å². The monoisotopic (exact) mass is 262 g/mol. The summed E-state index contributed by atoms with van der Waals surface area (Å²) in [6.07, 6.45) is 14.7. The van der Waals surface area contributed by atoms with Gasteiger partial charge < -0.3 is 0 Å². The van der Waals surface area contributed by atoms with Gasteiger partial charge in [-0.1, -0.05) is 44.8 Å². The summed E-state index contributed by atoms with van der Waals surface area (Å²) in [5.74, 6) is 0. The molecule has 0 aliphatic rings. The predicted molar refractivity (Wildman–Crippen MR) is 72.5 cm³/mol. The van der Waals surface area contributed by atoms with Gasteiger partial charge in [0.2, 0.25) is 0 Å². The van der Waals surface area contributed by atoms with Crippen molar-refractivity contribution in [3.8, 4) is 0 Å². The minimum absolute atomic E-state index is 0.331. The van der Waals surface area contributed by atoms with Crippen molar-refractivity contribution in [1.29, 1.82) is 0 Å². The van der Waals surface area contributed by atoms with Gasteiger partial charge >= 0.3 is 0 Å². The quantitative estimate of drug-likeness (QED) is 0.324. The Balaban J connectivity index is 3.11. The van der Waals surface area contributed by atoms with E-state index in [1.807, 2.05) is 0 Å². The molecule has 0 aromatic heterocycles. The molecule has 0 saturated carbocycles. The van der Waals surface area contributed by atoms with Gasteiger partial charge in [0.1, 0.15) is 0 Å². The van der Waals surface area contributed by atoms with Crippen molar-refractivity contribution in [2.24, 2.45) is 0 Å². The van der Waals surface area contributed by atoms with Crippen LogP contribution in [0.4, 0.5) is 0 Å². The minimum atomic E-state index is -3.24. The van der Waals surface area contributed by atoms with Gasteiger partial charge in [0.15, 0.2) is 0 Å². The summed E-state index contributed by atoms with van der Waals surface area (Å²) in [7, 11) is -3.24. The van der Waals surface area contributed by atoms with Gasteiger partial charge in [-0.3, -0.25) is 4.18 Å². The fourth-order valence-electron chi connectivity index (χ4n) is 1.57. The van der Waals surface area contributed by atoms with Crippen LogP contribution >= 0.6 is 0 Å². The van der Waals surface area contributed by atoms with Gasteiger partial charge in [-0.05, 0) is 25.7 Å². The molecule has 0 atom stereocenters. The average molecular weight is 262 g/mol. The van der Waals surface area contributed by atoms with Crippen LogP contribution in [-0.4, -0.2) is 21.3 Å². The fourth-order valence-corrected chi connectivity index (χ4v) is 1.99. The molecule has 0 heterocycles. The molecule has 0 aromatic rings. The Hall–Kier alpha value is -0.350. The Bertz CT molecular complexity index is 281. The van der Waals surface area contributed by atoms with E-state index in [0.29, 0.717) is 6.61 Å². The highest BCUT2D eigenvalue weighted by Crippen LogP contribution is 2.08. The number of allylic oxidation sites excluding steroid dienone is 2. The zero-order valence-corrected chi connectivity index (χ0v) is 12.0. The number of hydrogen-bond acceptors (Lipinski definition) is 3. The van der Waals surface area contributed by atoms with E-state index in [4.69, 9.17) is 0 Å². The smallest absolute Gasteiger partial charge is 0.264 e. The summed E-state index contributed by atoms with van der Waals surface area (Å²) in [6.45, 7) is 2.48. The van der Waals surface area contributed by atoms with E-state index in [9.17, 15) is 8.42 Å². The van der Waals surface area contributed by atoms with Gasteiger partial charge in [-0.25, -0.2) is 0 Å². The van der Waals surface area contributed by atoms with Gasteiger partial charge in [0.05, 0.1) is 12.9 Å². The summed E-state index contributed by atoms with van der Waals surface area (Å²) >= 11 is 0. The third-order valence-corrected chi connectivity index (χ3v) is 3.06. The molecule has 0 aromatic carbocycles. The number of rotatable bonds is 11. The second-order valence-corrected chi connectivity index (χ2v) is 5.96. The van der Waals surface area contributed by atoms with E-state index < -0.39 is 10.1 Å². The normalized spacial score (nSPS) is 12.4. The molecule has 0 unspecified atom stereocenters. The van der Waals surface area contributed by atoms with Gasteiger partial charge in [-0.2, -0.15) is 8.42 Å². The number of hydrogen-bond donors (Lipinski definition) is 0. The predicted octanol–water partition coefficient (Wildman–Crippen LogP) is 3.66. The second kappa shape index (κ2) is 10.8. The van der Waals surface area contributed by atoms with E-state index in [-0.39, 0.29) is 0 Å². The van der Waals surface area contributed by atoms with Gasteiger partial charge in [0, 0.05) is 0 Å². The lowest BCUT2D eigenvalue weighted by Gasteiger charge is -2.01. The van der Waals surface area contributed by atoms with E-state index >= 15 is 0 Å². The molecule has 0 saturated heterocycles. The molecular weight excluding hydrogens is 236 g/mol. The maximum absolute atomic E-state index is 10.7. The molecule has 0 aliphatic carbocycles. The third kappa shape index (κ3) is 15.6. The highest BCUT2D eigenvalue weighted by Gasteiger charge is 1.99. The Morgan fingerprint density at radius 3 is 2.12 bits per heavy atom. The maximum Gasteiger partial charge on any atom is 0.264 e. The molecule has 0 amide bonds. The molecule has 3 nitrogen and oxygen atoms in total. The Morgan fingerprint density at radius 2 is 1.53 bits per heavy atom. The van der Waals surface area contributed by atoms with Crippen LogP contribution in [0.3, 0.4) is 0 Å². The maximum atomic E-state index is 10.7. The van der Waals surface area contributed by atoms with E-state index in [1.54, 1.807) is 0 Å². The Morgan fingerprint density at radius 1 is 0.941 bits per heavy atom. The largest absolute Gasteiger partial charge is 0.270 e. The fraction of sp³-hybridized carbons (Fsp3) is 0.846. The summed E-state index contributed by atoms with van der Waals surface area (Å²) < 4.78 is 26.0. The third-order valence-electron chi connectivity index (χ3n) is 2.46. The Labute approximate surface area is 106 Å². The topological polar surface area (TPSA) is 43.4 Å². The van der Waals surface area contributed by atoms with E-state index in [1.165, 1.54) is 32.1 Å². The molecule has 0 rings (SSSR count). The Kier molecular flexibility index (Phi) is 10.6. The highest BCUT2D eigenvalue weighted by molar-refractivity contribution is 7.85. The van der Waals surface area contributed by atoms with Crippen LogP contribution < -0.4 is 0 Å². The van der Waals surface area contributed by atoms with Crippen LogP contribution in [0.2, 0.25) is 0 Å². The van der Waals surface area contributed by atoms with Gasteiger partial charge in [0.25, 0.3) is 10.1 Å².